The minimum absolute atomic E-state index is 0.209. The molecule has 0 aliphatic carbocycles. The summed E-state index contributed by atoms with van der Waals surface area (Å²) < 4.78 is 18.3. The zero-order valence-electron chi connectivity index (χ0n) is 13.5. The van der Waals surface area contributed by atoms with Crippen molar-refractivity contribution in [3.05, 3.63) is 35.6 Å². The summed E-state index contributed by atoms with van der Waals surface area (Å²) in [4.78, 5) is 16.8. The van der Waals surface area contributed by atoms with Gasteiger partial charge in [0, 0.05) is 51.9 Å². The van der Waals surface area contributed by atoms with E-state index >= 15 is 0 Å². The Morgan fingerprint density at radius 3 is 2.39 bits per heavy atom. The summed E-state index contributed by atoms with van der Waals surface area (Å²) in [7, 11) is 0. The largest absolute Gasteiger partial charge is 0.381 e. The topological polar surface area (TPSA) is 32.8 Å². The van der Waals surface area contributed by atoms with Crippen LogP contribution in [-0.2, 0) is 16.0 Å². The molecular weight excluding hydrogens is 295 g/mol. The number of amides is 1. The standard InChI is InChI=1S/C18H25FN2O2/c19-16-4-1-15(2-5-16)3-6-18(22)21-11-9-20(10-12-21)17-7-13-23-14-8-17/h1-2,4-5,17H,3,6-14H2. The number of ether oxygens (including phenoxy) is 1. The Morgan fingerprint density at radius 2 is 1.74 bits per heavy atom. The number of benzene rings is 1. The van der Waals surface area contributed by atoms with Crippen molar-refractivity contribution >= 4 is 5.91 Å². The summed E-state index contributed by atoms with van der Waals surface area (Å²) in [6.07, 6.45) is 3.40. The number of aryl methyl sites for hydroxylation is 1. The van der Waals surface area contributed by atoms with Gasteiger partial charge in [0.1, 0.15) is 5.82 Å². The highest BCUT2D eigenvalue weighted by molar-refractivity contribution is 5.76. The monoisotopic (exact) mass is 320 g/mol. The summed E-state index contributed by atoms with van der Waals surface area (Å²) in [5, 5.41) is 0. The maximum Gasteiger partial charge on any atom is 0.222 e. The van der Waals surface area contributed by atoms with Crippen LogP contribution in [0.25, 0.3) is 0 Å². The molecule has 0 N–H and O–H groups in total. The van der Waals surface area contributed by atoms with Gasteiger partial charge in [-0.1, -0.05) is 12.1 Å². The third-order valence-corrected chi connectivity index (χ3v) is 4.91. The molecule has 2 fully saturated rings. The SMILES string of the molecule is O=C(CCc1ccc(F)cc1)N1CCN(C2CCOCC2)CC1. The van der Waals surface area contributed by atoms with Crippen molar-refractivity contribution in [1.29, 1.82) is 0 Å². The number of halogens is 1. The summed E-state index contributed by atoms with van der Waals surface area (Å²) >= 11 is 0. The minimum Gasteiger partial charge on any atom is -0.381 e. The first-order valence-electron chi connectivity index (χ1n) is 8.56. The van der Waals surface area contributed by atoms with Crippen molar-refractivity contribution in [1.82, 2.24) is 9.80 Å². The summed E-state index contributed by atoms with van der Waals surface area (Å²) in [6, 6.07) is 7.04. The Labute approximate surface area is 137 Å². The third-order valence-electron chi connectivity index (χ3n) is 4.91. The van der Waals surface area contributed by atoms with Crippen molar-refractivity contribution in [2.45, 2.75) is 31.7 Å². The zero-order valence-corrected chi connectivity index (χ0v) is 13.5. The van der Waals surface area contributed by atoms with E-state index in [9.17, 15) is 9.18 Å². The lowest BCUT2D eigenvalue weighted by molar-refractivity contribution is -0.133. The molecule has 0 spiro atoms. The number of nitrogens with zero attached hydrogens (tertiary/aromatic N) is 2. The number of carbonyl (C=O) groups is 1. The van der Waals surface area contributed by atoms with Crippen LogP contribution in [0.1, 0.15) is 24.8 Å². The Balaban J connectivity index is 1.41. The van der Waals surface area contributed by atoms with Crippen molar-refractivity contribution in [3.8, 4) is 0 Å². The fourth-order valence-corrected chi connectivity index (χ4v) is 3.45. The van der Waals surface area contributed by atoms with Crippen molar-refractivity contribution < 1.29 is 13.9 Å². The molecule has 5 heteroatoms. The second-order valence-electron chi connectivity index (χ2n) is 6.39. The van der Waals surface area contributed by atoms with Gasteiger partial charge < -0.3 is 9.64 Å². The van der Waals surface area contributed by atoms with Gasteiger partial charge in [-0.2, -0.15) is 0 Å². The van der Waals surface area contributed by atoms with E-state index in [0.717, 1.165) is 57.8 Å². The highest BCUT2D eigenvalue weighted by Gasteiger charge is 2.26. The third kappa shape index (κ3) is 4.52. The number of rotatable bonds is 4. The van der Waals surface area contributed by atoms with Crippen LogP contribution in [0.15, 0.2) is 24.3 Å². The fraction of sp³-hybridized carbons (Fsp3) is 0.611. The van der Waals surface area contributed by atoms with E-state index in [1.807, 2.05) is 4.90 Å². The summed E-state index contributed by atoms with van der Waals surface area (Å²) in [5.41, 5.74) is 1.01. The second kappa shape index (κ2) is 7.88. The molecule has 2 aliphatic rings. The number of hydrogen-bond donors (Lipinski definition) is 0. The molecule has 0 radical (unpaired) electrons. The Morgan fingerprint density at radius 1 is 1.09 bits per heavy atom. The number of hydrogen-bond acceptors (Lipinski definition) is 3. The summed E-state index contributed by atoms with van der Waals surface area (Å²) in [5.74, 6) is -0.0229. The van der Waals surface area contributed by atoms with E-state index < -0.39 is 0 Å². The lowest BCUT2D eigenvalue weighted by Gasteiger charge is -2.40. The number of carbonyl (C=O) groups excluding carboxylic acids is 1. The first-order chi connectivity index (χ1) is 11.2. The van der Waals surface area contributed by atoms with E-state index in [4.69, 9.17) is 4.74 Å². The van der Waals surface area contributed by atoms with Crippen LogP contribution in [0.4, 0.5) is 4.39 Å². The lowest BCUT2D eigenvalue weighted by atomic mass is 10.1. The normalized spacial score (nSPS) is 20.7. The van der Waals surface area contributed by atoms with Crippen LogP contribution in [0.5, 0.6) is 0 Å². The average Bonchev–Trinajstić information content (AvgIpc) is 2.62. The molecule has 126 valence electrons. The van der Waals surface area contributed by atoms with Crippen LogP contribution in [0.3, 0.4) is 0 Å². The van der Waals surface area contributed by atoms with Crippen LogP contribution in [0.2, 0.25) is 0 Å². The lowest BCUT2D eigenvalue weighted by Crippen LogP contribution is -2.53. The highest BCUT2D eigenvalue weighted by atomic mass is 19.1. The van der Waals surface area contributed by atoms with Gasteiger partial charge in [0.25, 0.3) is 0 Å². The molecule has 0 atom stereocenters. The Bertz CT molecular complexity index is 506. The van der Waals surface area contributed by atoms with Crippen molar-refractivity contribution in [2.24, 2.45) is 0 Å². The van der Waals surface area contributed by atoms with Gasteiger partial charge in [0.15, 0.2) is 0 Å². The molecular formula is C18H25FN2O2. The van der Waals surface area contributed by atoms with Crippen molar-refractivity contribution in [3.63, 3.8) is 0 Å². The van der Waals surface area contributed by atoms with Gasteiger partial charge in [-0.15, -0.1) is 0 Å². The quantitative estimate of drug-likeness (QED) is 0.851. The van der Waals surface area contributed by atoms with E-state index in [1.54, 1.807) is 12.1 Å². The van der Waals surface area contributed by atoms with Crippen LogP contribution < -0.4 is 0 Å². The van der Waals surface area contributed by atoms with Gasteiger partial charge in [0.2, 0.25) is 5.91 Å². The fourth-order valence-electron chi connectivity index (χ4n) is 3.45. The van der Waals surface area contributed by atoms with Gasteiger partial charge in [0.05, 0.1) is 0 Å². The molecule has 3 rings (SSSR count). The molecule has 2 heterocycles. The van der Waals surface area contributed by atoms with Crippen LogP contribution >= 0.6 is 0 Å². The van der Waals surface area contributed by atoms with Gasteiger partial charge >= 0.3 is 0 Å². The molecule has 2 aliphatic heterocycles. The van der Waals surface area contributed by atoms with Crippen LogP contribution in [0, 0.1) is 5.82 Å². The number of piperazine rings is 1. The molecule has 0 saturated carbocycles. The molecule has 0 bridgehead atoms. The maximum absolute atomic E-state index is 12.9. The van der Waals surface area contributed by atoms with E-state index in [2.05, 4.69) is 4.90 Å². The first kappa shape index (κ1) is 16.4. The Hall–Kier alpha value is -1.46. The predicted octanol–water partition coefficient (Wildman–Crippen LogP) is 2.08. The molecule has 1 aromatic carbocycles. The van der Waals surface area contributed by atoms with Gasteiger partial charge in [-0.3, -0.25) is 9.69 Å². The average molecular weight is 320 g/mol. The molecule has 23 heavy (non-hydrogen) atoms. The molecule has 0 aromatic heterocycles. The van der Waals surface area contributed by atoms with E-state index in [1.165, 1.54) is 12.1 Å². The van der Waals surface area contributed by atoms with E-state index in [0.29, 0.717) is 18.9 Å². The summed E-state index contributed by atoms with van der Waals surface area (Å²) in [6.45, 7) is 5.29. The molecule has 2 saturated heterocycles. The highest BCUT2D eigenvalue weighted by Crippen LogP contribution is 2.17. The molecule has 1 aromatic rings. The van der Waals surface area contributed by atoms with E-state index in [-0.39, 0.29) is 11.7 Å². The minimum atomic E-state index is -0.232. The molecule has 1 amide bonds. The smallest absolute Gasteiger partial charge is 0.222 e. The molecule has 0 unspecified atom stereocenters. The van der Waals surface area contributed by atoms with Crippen molar-refractivity contribution in [2.75, 3.05) is 39.4 Å². The first-order valence-corrected chi connectivity index (χ1v) is 8.56. The molecule has 4 nitrogen and oxygen atoms in total. The van der Waals surface area contributed by atoms with Gasteiger partial charge in [-0.25, -0.2) is 4.39 Å². The second-order valence-corrected chi connectivity index (χ2v) is 6.39. The predicted molar refractivity (Wildman–Crippen MR) is 86.7 cm³/mol. The zero-order chi connectivity index (χ0) is 16.1. The van der Waals surface area contributed by atoms with Gasteiger partial charge in [-0.05, 0) is 37.0 Å². The maximum atomic E-state index is 12.9. The Kier molecular flexibility index (Phi) is 5.62. The van der Waals surface area contributed by atoms with Crippen LogP contribution in [-0.4, -0.2) is 61.1 Å².